The van der Waals surface area contributed by atoms with E-state index in [0.717, 1.165) is 0 Å². The summed E-state index contributed by atoms with van der Waals surface area (Å²) >= 11 is 1.39. The van der Waals surface area contributed by atoms with Gasteiger partial charge in [-0.15, -0.1) is 5.92 Å². The molecule has 1 aliphatic heterocycles. The SMILES string of the molecule is CC#C[C@H]1[C@@H](OC)C(=O)N1SC. The van der Waals surface area contributed by atoms with Crippen molar-refractivity contribution in [3.05, 3.63) is 0 Å². The third-order valence-electron chi connectivity index (χ3n) is 1.74. The number of carbonyl (C=O) groups is 1. The number of methoxy groups -OCH3 is 1. The molecule has 0 aliphatic carbocycles. The molecule has 0 spiro atoms. The monoisotopic (exact) mass is 185 g/mol. The van der Waals surface area contributed by atoms with Crippen LogP contribution in [0.3, 0.4) is 0 Å². The van der Waals surface area contributed by atoms with E-state index in [1.807, 2.05) is 6.26 Å². The molecule has 4 heteroatoms. The lowest BCUT2D eigenvalue weighted by Gasteiger charge is -2.41. The molecule has 0 aromatic heterocycles. The molecule has 3 nitrogen and oxygen atoms in total. The average Bonchev–Trinajstić information content (AvgIpc) is 2.06. The van der Waals surface area contributed by atoms with E-state index < -0.39 is 0 Å². The fourth-order valence-corrected chi connectivity index (χ4v) is 1.83. The highest BCUT2D eigenvalue weighted by Crippen LogP contribution is 2.27. The number of amides is 1. The van der Waals surface area contributed by atoms with E-state index >= 15 is 0 Å². The Kier molecular flexibility index (Phi) is 3.01. The summed E-state index contributed by atoms with van der Waals surface area (Å²) in [6, 6.07) is -0.0671. The smallest absolute Gasteiger partial charge is 0.266 e. The van der Waals surface area contributed by atoms with Crippen LogP contribution in [-0.2, 0) is 9.53 Å². The van der Waals surface area contributed by atoms with Crippen molar-refractivity contribution in [3.8, 4) is 11.8 Å². The molecule has 0 radical (unpaired) electrons. The Morgan fingerprint density at radius 2 is 2.33 bits per heavy atom. The molecule has 0 saturated carbocycles. The topological polar surface area (TPSA) is 29.5 Å². The van der Waals surface area contributed by atoms with Crippen LogP contribution in [0.5, 0.6) is 0 Å². The first kappa shape index (κ1) is 9.43. The maximum atomic E-state index is 11.2. The van der Waals surface area contributed by atoms with E-state index in [-0.39, 0.29) is 18.1 Å². The van der Waals surface area contributed by atoms with E-state index in [0.29, 0.717) is 0 Å². The summed E-state index contributed by atoms with van der Waals surface area (Å²) in [6.07, 6.45) is 1.50. The Balaban J connectivity index is 2.67. The van der Waals surface area contributed by atoms with Gasteiger partial charge >= 0.3 is 0 Å². The van der Waals surface area contributed by atoms with E-state index in [4.69, 9.17) is 4.74 Å². The lowest BCUT2D eigenvalue weighted by Crippen LogP contribution is -2.61. The Bertz CT molecular complexity index is 229. The third-order valence-corrected chi connectivity index (χ3v) is 2.54. The van der Waals surface area contributed by atoms with Gasteiger partial charge in [-0.3, -0.25) is 9.10 Å². The summed E-state index contributed by atoms with van der Waals surface area (Å²) in [4.78, 5) is 11.2. The molecule has 1 aliphatic rings. The highest BCUT2D eigenvalue weighted by atomic mass is 32.2. The molecule has 2 atom stereocenters. The Morgan fingerprint density at radius 3 is 2.75 bits per heavy atom. The van der Waals surface area contributed by atoms with Gasteiger partial charge in [0.25, 0.3) is 5.91 Å². The number of hydrogen-bond donors (Lipinski definition) is 0. The molecule has 12 heavy (non-hydrogen) atoms. The first-order valence-corrected chi connectivity index (χ1v) is 4.76. The molecular weight excluding hydrogens is 174 g/mol. The number of carbonyl (C=O) groups excluding carboxylic acids is 1. The first-order chi connectivity index (χ1) is 5.76. The molecule has 0 N–H and O–H groups in total. The van der Waals surface area contributed by atoms with Crippen LogP contribution in [0.15, 0.2) is 0 Å². The van der Waals surface area contributed by atoms with E-state index in [1.165, 1.54) is 19.1 Å². The van der Waals surface area contributed by atoms with Gasteiger partial charge in [0.2, 0.25) is 0 Å². The summed E-state index contributed by atoms with van der Waals surface area (Å²) in [5.41, 5.74) is 0. The molecule has 1 rings (SSSR count). The van der Waals surface area contributed by atoms with Crippen LogP contribution in [0.2, 0.25) is 0 Å². The zero-order chi connectivity index (χ0) is 9.14. The summed E-state index contributed by atoms with van der Waals surface area (Å²) in [5, 5.41) is 0. The van der Waals surface area contributed by atoms with Crippen LogP contribution in [0, 0.1) is 11.8 Å². The number of rotatable bonds is 2. The molecule has 1 amide bonds. The molecular formula is C8H11NO2S. The van der Waals surface area contributed by atoms with E-state index in [9.17, 15) is 4.79 Å². The van der Waals surface area contributed by atoms with Crippen molar-refractivity contribution < 1.29 is 9.53 Å². The predicted molar refractivity (Wildman–Crippen MR) is 48.4 cm³/mol. The second kappa shape index (κ2) is 3.83. The fourth-order valence-electron chi connectivity index (χ4n) is 1.15. The third kappa shape index (κ3) is 1.30. The van der Waals surface area contributed by atoms with Crippen molar-refractivity contribution in [1.29, 1.82) is 0 Å². The molecule has 0 aromatic carbocycles. The number of β-lactam (4-membered cyclic amide) rings is 1. The molecule has 1 heterocycles. The summed E-state index contributed by atoms with van der Waals surface area (Å²) in [5.74, 6) is 5.72. The van der Waals surface area contributed by atoms with Gasteiger partial charge in [-0.2, -0.15) is 0 Å². The van der Waals surface area contributed by atoms with Crippen molar-refractivity contribution in [2.45, 2.75) is 19.1 Å². The van der Waals surface area contributed by atoms with Gasteiger partial charge in [0.05, 0.1) is 0 Å². The summed E-state index contributed by atoms with van der Waals surface area (Å²) in [6.45, 7) is 1.76. The van der Waals surface area contributed by atoms with E-state index in [1.54, 1.807) is 11.2 Å². The minimum Gasteiger partial charge on any atom is -0.368 e. The van der Waals surface area contributed by atoms with Crippen molar-refractivity contribution in [2.75, 3.05) is 13.4 Å². The summed E-state index contributed by atoms with van der Waals surface area (Å²) < 4.78 is 6.62. The van der Waals surface area contributed by atoms with Crippen LogP contribution in [-0.4, -0.2) is 35.7 Å². The summed E-state index contributed by atoms with van der Waals surface area (Å²) in [7, 11) is 1.53. The first-order valence-electron chi connectivity index (χ1n) is 3.58. The van der Waals surface area contributed by atoms with Crippen LogP contribution in [0.4, 0.5) is 0 Å². The van der Waals surface area contributed by atoms with Gasteiger partial charge < -0.3 is 4.74 Å². The zero-order valence-corrected chi connectivity index (χ0v) is 8.14. The van der Waals surface area contributed by atoms with Crippen molar-refractivity contribution >= 4 is 17.9 Å². The van der Waals surface area contributed by atoms with Gasteiger partial charge in [-0.25, -0.2) is 0 Å². The van der Waals surface area contributed by atoms with Crippen LogP contribution in [0.1, 0.15) is 6.92 Å². The van der Waals surface area contributed by atoms with Crippen molar-refractivity contribution in [3.63, 3.8) is 0 Å². The van der Waals surface area contributed by atoms with E-state index in [2.05, 4.69) is 11.8 Å². The van der Waals surface area contributed by atoms with Crippen LogP contribution >= 0.6 is 11.9 Å². The normalized spacial score (nSPS) is 27.6. The maximum Gasteiger partial charge on any atom is 0.266 e. The van der Waals surface area contributed by atoms with Crippen molar-refractivity contribution in [1.82, 2.24) is 4.31 Å². The molecule has 1 saturated heterocycles. The quantitative estimate of drug-likeness (QED) is 0.357. The van der Waals surface area contributed by atoms with Gasteiger partial charge in [-0.05, 0) is 18.9 Å². The molecule has 66 valence electrons. The average molecular weight is 185 g/mol. The Labute approximate surface area is 76.6 Å². The standard InChI is InChI=1S/C8H11NO2S/c1-4-5-6-7(11-2)8(10)9(6)12-3/h6-7H,1-3H3/t6-,7+/m0/s1. The zero-order valence-electron chi connectivity index (χ0n) is 7.33. The Morgan fingerprint density at radius 1 is 1.67 bits per heavy atom. The molecule has 0 unspecified atom stereocenters. The largest absolute Gasteiger partial charge is 0.368 e. The molecule has 1 fully saturated rings. The van der Waals surface area contributed by atoms with Crippen molar-refractivity contribution in [2.24, 2.45) is 0 Å². The fraction of sp³-hybridized carbons (Fsp3) is 0.625. The second-order valence-electron chi connectivity index (χ2n) is 2.34. The highest BCUT2D eigenvalue weighted by molar-refractivity contribution is 7.96. The minimum absolute atomic E-state index is 0.0118. The molecule has 0 aromatic rings. The van der Waals surface area contributed by atoms with Crippen LogP contribution in [0.25, 0.3) is 0 Å². The number of hydrogen-bond acceptors (Lipinski definition) is 3. The maximum absolute atomic E-state index is 11.2. The van der Waals surface area contributed by atoms with Gasteiger partial charge in [-0.1, -0.05) is 5.92 Å². The second-order valence-corrected chi connectivity index (χ2v) is 3.10. The Hall–Kier alpha value is -0.660. The van der Waals surface area contributed by atoms with Gasteiger partial charge in [0.1, 0.15) is 6.04 Å². The minimum atomic E-state index is -0.357. The number of nitrogens with zero attached hydrogens (tertiary/aromatic N) is 1. The predicted octanol–water partition coefficient (Wildman–Crippen LogP) is 0.513. The highest BCUT2D eigenvalue weighted by Gasteiger charge is 2.46. The van der Waals surface area contributed by atoms with Crippen LogP contribution < -0.4 is 0 Å². The molecule has 0 bridgehead atoms. The lowest BCUT2D eigenvalue weighted by molar-refractivity contribution is -0.153. The van der Waals surface area contributed by atoms with Gasteiger partial charge in [0.15, 0.2) is 6.10 Å². The number of ether oxygens (including phenoxy) is 1. The van der Waals surface area contributed by atoms with Gasteiger partial charge in [0, 0.05) is 13.4 Å². The lowest BCUT2D eigenvalue weighted by atomic mass is 10.0.